The fourth-order valence-electron chi connectivity index (χ4n) is 1.51. The number of hydrogen-bond donors (Lipinski definition) is 1. The zero-order chi connectivity index (χ0) is 10.3. The van der Waals surface area contributed by atoms with E-state index in [2.05, 4.69) is 17.9 Å². The largest absolute Gasteiger partial charge is 0.358 e. The quantitative estimate of drug-likeness (QED) is 0.632. The van der Waals surface area contributed by atoms with Crippen molar-refractivity contribution in [1.29, 1.82) is 0 Å². The van der Waals surface area contributed by atoms with Gasteiger partial charge in [0.2, 0.25) is 0 Å². The highest BCUT2D eigenvalue weighted by Gasteiger charge is 2.16. The molecule has 0 unspecified atom stereocenters. The predicted molar refractivity (Wildman–Crippen MR) is 57.9 cm³/mol. The SMILES string of the molecule is C/C=C1\N(N)CCCN1CC.CC. The lowest BCUT2D eigenvalue weighted by atomic mass is 10.3. The Hall–Kier alpha value is -0.700. The normalized spacial score (nSPS) is 19.9. The van der Waals surface area contributed by atoms with Gasteiger partial charge >= 0.3 is 0 Å². The van der Waals surface area contributed by atoms with Gasteiger partial charge in [0.25, 0.3) is 0 Å². The molecule has 3 heteroatoms. The number of hydrazine groups is 1. The van der Waals surface area contributed by atoms with Crippen molar-refractivity contribution < 1.29 is 0 Å². The van der Waals surface area contributed by atoms with Crippen LogP contribution in [0.2, 0.25) is 0 Å². The van der Waals surface area contributed by atoms with Crippen molar-refractivity contribution in [1.82, 2.24) is 9.91 Å². The molecule has 0 radical (unpaired) electrons. The van der Waals surface area contributed by atoms with Gasteiger partial charge in [-0.15, -0.1) is 0 Å². The number of rotatable bonds is 1. The number of hydrogen-bond acceptors (Lipinski definition) is 3. The van der Waals surface area contributed by atoms with E-state index in [0.29, 0.717) is 0 Å². The molecule has 0 aromatic heterocycles. The van der Waals surface area contributed by atoms with Crippen LogP contribution in [0.15, 0.2) is 11.9 Å². The third-order valence-electron chi connectivity index (χ3n) is 2.09. The molecule has 1 saturated heterocycles. The minimum Gasteiger partial charge on any atom is -0.358 e. The summed E-state index contributed by atoms with van der Waals surface area (Å²) in [6, 6.07) is 0. The van der Waals surface area contributed by atoms with Crippen LogP contribution in [0.3, 0.4) is 0 Å². The lowest BCUT2D eigenvalue weighted by Gasteiger charge is -2.37. The van der Waals surface area contributed by atoms with Crippen LogP contribution in [-0.4, -0.2) is 29.5 Å². The summed E-state index contributed by atoms with van der Waals surface area (Å²) in [5.74, 6) is 6.94. The van der Waals surface area contributed by atoms with Crippen LogP contribution < -0.4 is 5.84 Å². The van der Waals surface area contributed by atoms with Gasteiger partial charge in [0, 0.05) is 19.6 Å². The first-order valence-electron chi connectivity index (χ1n) is 5.23. The van der Waals surface area contributed by atoms with Crippen LogP contribution in [0.4, 0.5) is 0 Å². The number of nitrogens with zero attached hydrogens (tertiary/aromatic N) is 2. The molecular weight excluding hydrogens is 162 g/mol. The summed E-state index contributed by atoms with van der Waals surface area (Å²) in [6.07, 6.45) is 3.24. The van der Waals surface area contributed by atoms with E-state index in [0.717, 1.165) is 19.6 Å². The molecule has 3 nitrogen and oxygen atoms in total. The number of nitrogens with two attached hydrogens (primary N) is 1. The van der Waals surface area contributed by atoms with Gasteiger partial charge in [-0.1, -0.05) is 13.8 Å². The molecule has 2 N–H and O–H groups in total. The fraction of sp³-hybridized carbons (Fsp3) is 0.800. The van der Waals surface area contributed by atoms with E-state index in [1.807, 2.05) is 25.8 Å². The van der Waals surface area contributed by atoms with Gasteiger partial charge in [-0.05, 0) is 26.3 Å². The molecule has 0 amide bonds. The summed E-state index contributed by atoms with van der Waals surface area (Å²) < 4.78 is 0. The lowest BCUT2D eigenvalue weighted by molar-refractivity contribution is 0.165. The molecule has 0 spiro atoms. The molecule has 0 saturated carbocycles. The van der Waals surface area contributed by atoms with Crippen molar-refractivity contribution in [2.75, 3.05) is 19.6 Å². The van der Waals surface area contributed by atoms with Gasteiger partial charge in [0.1, 0.15) is 5.82 Å². The zero-order valence-corrected chi connectivity index (χ0v) is 9.38. The minimum absolute atomic E-state index is 0.982. The summed E-state index contributed by atoms with van der Waals surface area (Å²) in [7, 11) is 0. The topological polar surface area (TPSA) is 32.5 Å². The first-order chi connectivity index (χ1) is 6.29. The molecule has 0 aromatic rings. The fourth-order valence-corrected chi connectivity index (χ4v) is 1.51. The van der Waals surface area contributed by atoms with E-state index in [1.165, 1.54) is 12.2 Å². The molecule has 0 bridgehead atoms. The Morgan fingerprint density at radius 1 is 1.38 bits per heavy atom. The summed E-state index contributed by atoms with van der Waals surface area (Å²) >= 11 is 0. The van der Waals surface area contributed by atoms with Crippen LogP contribution in [0.5, 0.6) is 0 Å². The first kappa shape index (κ1) is 12.3. The molecule has 0 atom stereocenters. The second kappa shape index (κ2) is 6.78. The smallest absolute Gasteiger partial charge is 0.114 e. The Morgan fingerprint density at radius 2 is 2.00 bits per heavy atom. The average Bonchev–Trinajstić information content (AvgIpc) is 2.20. The van der Waals surface area contributed by atoms with E-state index in [1.54, 1.807) is 0 Å². The van der Waals surface area contributed by atoms with E-state index >= 15 is 0 Å². The maximum absolute atomic E-state index is 5.78. The molecule has 1 fully saturated rings. The molecule has 0 aromatic carbocycles. The molecule has 13 heavy (non-hydrogen) atoms. The monoisotopic (exact) mass is 185 g/mol. The van der Waals surface area contributed by atoms with Crippen molar-refractivity contribution in [3.63, 3.8) is 0 Å². The Balaban J connectivity index is 0.000000671. The molecule has 1 aliphatic heterocycles. The Bertz CT molecular complexity index is 154. The van der Waals surface area contributed by atoms with Crippen molar-refractivity contribution >= 4 is 0 Å². The van der Waals surface area contributed by atoms with E-state index < -0.39 is 0 Å². The highest BCUT2D eigenvalue weighted by atomic mass is 15.5. The summed E-state index contributed by atoms with van der Waals surface area (Å²) in [4.78, 5) is 2.30. The van der Waals surface area contributed by atoms with Crippen LogP contribution in [-0.2, 0) is 0 Å². The summed E-state index contributed by atoms with van der Waals surface area (Å²) in [5, 5.41) is 1.83. The van der Waals surface area contributed by atoms with Crippen molar-refractivity contribution in [3.8, 4) is 0 Å². The highest BCUT2D eigenvalue weighted by molar-refractivity contribution is 4.99. The van der Waals surface area contributed by atoms with Gasteiger partial charge in [0.05, 0.1) is 0 Å². The van der Waals surface area contributed by atoms with Gasteiger partial charge in [-0.2, -0.15) is 0 Å². The minimum atomic E-state index is 0.982. The van der Waals surface area contributed by atoms with Gasteiger partial charge in [-0.3, -0.25) is 5.01 Å². The lowest BCUT2D eigenvalue weighted by Crippen LogP contribution is -2.45. The zero-order valence-electron chi connectivity index (χ0n) is 9.38. The van der Waals surface area contributed by atoms with E-state index in [9.17, 15) is 0 Å². The van der Waals surface area contributed by atoms with Crippen molar-refractivity contribution in [2.45, 2.75) is 34.1 Å². The third-order valence-corrected chi connectivity index (χ3v) is 2.09. The number of allylic oxidation sites excluding steroid dienone is 1. The average molecular weight is 185 g/mol. The Labute approximate surface area is 82.2 Å². The van der Waals surface area contributed by atoms with E-state index in [4.69, 9.17) is 5.84 Å². The first-order valence-corrected chi connectivity index (χ1v) is 5.23. The maximum Gasteiger partial charge on any atom is 0.114 e. The van der Waals surface area contributed by atoms with Gasteiger partial charge in [0.15, 0.2) is 0 Å². The van der Waals surface area contributed by atoms with Crippen LogP contribution in [0.1, 0.15) is 34.1 Å². The molecule has 1 aliphatic rings. The Kier molecular flexibility index (Phi) is 6.41. The molecule has 78 valence electrons. The van der Waals surface area contributed by atoms with Crippen LogP contribution >= 0.6 is 0 Å². The molecular formula is C10H23N3. The van der Waals surface area contributed by atoms with Crippen LogP contribution in [0.25, 0.3) is 0 Å². The van der Waals surface area contributed by atoms with Gasteiger partial charge < -0.3 is 4.90 Å². The molecule has 0 aliphatic carbocycles. The summed E-state index contributed by atoms with van der Waals surface area (Å²) in [5.41, 5.74) is 0. The van der Waals surface area contributed by atoms with Crippen LogP contribution in [0, 0.1) is 0 Å². The summed E-state index contributed by atoms with van der Waals surface area (Å²) in [6.45, 7) is 11.4. The second-order valence-electron chi connectivity index (χ2n) is 2.77. The van der Waals surface area contributed by atoms with Crippen molar-refractivity contribution in [2.24, 2.45) is 5.84 Å². The predicted octanol–water partition coefficient (Wildman–Crippen LogP) is 1.78. The van der Waals surface area contributed by atoms with E-state index in [-0.39, 0.29) is 0 Å². The standard InChI is InChI=1S/C8H17N3.C2H6/c1-3-8-10(4-2)6-5-7-11(8)9;1-2/h3H,4-7,9H2,1-2H3;1-2H3/b8-3-;. The van der Waals surface area contributed by atoms with Gasteiger partial charge in [-0.25, -0.2) is 5.84 Å². The van der Waals surface area contributed by atoms with Crippen molar-refractivity contribution in [3.05, 3.63) is 11.9 Å². The maximum atomic E-state index is 5.78. The highest BCUT2D eigenvalue weighted by Crippen LogP contribution is 2.13. The molecule has 1 heterocycles. The second-order valence-corrected chi connectivity index (χ2v) is 2.77. The Morgan fingerprint density at radius 3 is 2.38 bits per heavy atom. The third kappa shape index (κ3) is 3.27. The molecule has 1 rings (SSSR count).